The molecular weight excluding hydrogens is 410 g/mol. The monoisotopic (exact) mass is 427 g/mol. The summed E-state index contributed by atoms with van der Waals surface area (Å²) in [6.07, 6.45) is 0. The molecule has 0 unspecified atom stereocenters. The zero-order chi connectivity index (χ0) is 19.5. The van der Waals surface area contributed by atoms with Crippen LogP contribution in [0.25, 0.3) is 22.0 Å². The molecular formula is C19H17N5OS3. The second-order valence-electron chi connectivity index (χ2n) is 6.14. The molecule has 142 valence electrons. The Hall–Kier alpha value is -2.49. The van der Waals surface area contributed by atoms with Crippen molar-refractivity contribution in [2.24, 2.45) is 0 Å². The standard InChI is InChI=1S/C19H17N5OS3/c1-11-5-6-12(2)13(8-11)14-9-27-18(20-14)21-16(25)10-28-19-22-17(23-24-19)15-4-3-7-26-15/h3-9H,10H2,1-2H3,(H,20,21,25)(H,22,23,24). The molecule has 0 saturated carbocycles. The van der Waals surface area contributed by atoms with Gasteiger partial charge in [-0.2, -0.15) is 0 Å². The largest absolute Gasteiger partial charge is 0.301 e. The third-order valence-corrected chi connectivity index (χ3v) is 6.45. The summed E-state index contributed by atoms with van der Waals surface area (Å²) in [5.74, 6) is 0.811. The molecule has 0 aliphatic carbocycles. The maximum absolute atomic E-state index is 12.3. The third-order valence-electron chi connectivity index (χ3n) is 3.97. The van der Waals surface area contributed by atoms with Gasteiger partial charge in [0.15, 0.2) is 11.0 Å². The van der Waals surface area contributed by atoms with E-state index in [4.69, 9.17) is 0 Å². The van der Waals surface area contributed by atoms with Crippen molar-refractivity contribution in [3.63, 3.8) is 0 Å². The first-order chi connectivity index (χ1) is 13.6. The van der Waals surface area contributed by atoms with Crippen LogP contribution in [0.3, 0.4) is 0 Å². The number of aromatic nitrogens is 4. The molecule has 0 aliphatic heterocycles. The zero-order valence-electron chi connectivity index (χ0n) is 15.2. The summed E-state index contributed by atoms with van der Waals surface area (Å²) in [4.78, 5) is 22.2. The van der Waals surface area contributed by atoms with Gasteiger partial charge < -0.3 is 5.32 Å². The van der Waals surface area contributed by atoms with Crippen LogP contribution in [0, 0.1) is 13.8 Å². The van der Waals surface area contributed by atoms with E-state index in [1.165, 1.54) is 28.7 Å². The number of aromatic amines is 1. The van der Waals surface area contributed by atoms with Gasteiger partial charge in [-0.15, -0.1) is 27.8 Å². The van der Waals surface area contributed by atoms with Crippen LogP contribution in [0.15, 0.2) is 46.2 Å². The summed E-state index contributed by atoms with van der Waals surface area (Å²) in [5, 5.41) is 15.0. The first-order valence-electron chi connectivity index (χ1n) is 8.50. The van der Waals surface area contributed by atoms with Crippen molar-refractivity contribution in [1.82, 2.24) is 20.2 Å². The minimum absolute atomic E-state index is 0.130. The van der Waals surface area contributed by atoms with Crippen molar-refractivity contribution in [3.8, 4) is 22.0 Å². The van der Waals surface area contributed by atoms with Crippen molar-refractivity contribution >= 4 is 45.5 Å². The highest BCUT2D eigenvalue weighted by atomic mass is 32.2. The average molecular weight is 428 g/mol. The lowest BCUT2D eigenvalue weighted by atomic mass is 10.0. The molecule has 3 heterocycles. The van der Waals surface area contributed by atoms with Gasteiger partial charge in [-0.3, -0.25) is 9.89 Å². The summed E-state index contributed by atoms with van der Waals surface area (Å²) >= 11 is 4.30. The predicted molar refractivity (Wildman–Crippen MR) is 116 cm³/mol. The lowest BCUT2D eigenvalue weighted by Crippen LogP contribution is -2.13. The van der Waals surface area contributed by atoms with Crippen molar-refractivity contribution in [2.75, 3.05) is 11.1 Å². The van der Waals surface area contributed by atoms with Crippen LogP contribution in [-0.2, 0) is 4.79 Å². The molecule has 2 N–H and O–H groups in total. The van der Waals surface area contributed by atoms with E-state index in [0.717, 1.165) is 27.5 Å². The minimum atomic E-state index is -0.130. The normalized spacial score (nSPS) is 10.9. The Bertz CT molecular complexity index is 1100. The molecule has 28 heavy (non-hydrogen) atoms. The Morgan fingerprint density at radius 1 is 1.21 bits per heavy atom. The van der Waals surface area contributed by atoms with Crippen LogP contribution >= 0.6 is 34.4 Å². The summed E-state index contributed by atoms with van der Waals surface area (Å²) in [6, 6.07) is 10.2. The molecule has 4 rings (SSSR count). The van der Waals surface area contributed by atoms with E-state index in [2.05, 4.69) is 57.5 Å². The Labute approximate surface area is 174 Å². The SMILES string of the molecule is Cc1ccc(C)c(-c2csc(NC(=O)CSc3n[nH]c(-c4cccs4)n3)n2)c1. The third kappa shape index (κ3) is 4.32. The molecule has 0 saturated heterocycles. The van der Waals surface area contributed by atoms with Gasteiger partial charge >= 0.3 is 0 Å². The number of anilines is 1. The fourth-order valence-electron chi connectivity index (χ4n) is 2.59. The molecule has 0 atom stereocenters. The smallest absolute Gasteiger partial charge is 0.236 e. The summed E-state index contributed by atoms with van der Waals surface area (Å²) < 4.78 is 0. The number of thiazole rings is 1. The number of carbonyl (C=O) groups is 1. The topological polar surface area (TPSA) is 83.6 Å². The fraction of sp³-hybridized carbons (Fsp3) is 0.158. The van der Waals surface area contributed by atoms with Gasteiger partial charge in [-0.1, -0.05) is 35.5 Å². The van der Waals surface area contributed by atoms with E-state index in [0.29, 0.717) is 10.3 Å². The molecule has 0 aliphatic rings. The number of carbonyl (C=O) groups excluding carboxylic acids is 1. The van der Waals surface area contributed by atoms with Gasteiger partial charge in [0, 0.05) is 10.9 Å². The van der Waals surface area contributed by atoms with Crippen LogP contribution < -0.4 is 5.32 Å². The van der Waals surface area contributed by atoms with E-state index in [1.54, 1.807) is 11.3 Å². The number of aryl methyl sites for hydroxylation is 2. The van der Waals surface area contributed by atoms with Crippen LogP contribution in [-0.4, -0.2) is 31.8 Å². The molecule has 0 bridgehead atoms. The molecule has 1 amide bonds. The maximum atomic E-state index is 12.3. The predicted octanol–water partition coefficient (Wildman–Crippen LogP) is 5.00. The van der Waals surface area contributed by atoms with Gasteiger partial charge in [0.2, 0.25) is 11.1 Å². The number of H-pyrrole nitrogens is 1. The zero-order valence-corrected chi connectivity index (χ0v) is 17.7. The van der Waals surface area contributed by atoms with Crippen LogP contribution in [0.1, 0.15) is 11.1 Å². The van der Waals surface area contributed by atoms with Gasteiger partial charge in [-0.25, -0.2) is 9.97 Å². The van der Waals surface area contributed by atoms with E-state index in [-0.39, 0.29) is 11.7 Å². The Morgan fingerprint density at radius 3 is 2.93 bits per heavy atom. The van der Waals surface area contributed by atoms with Crippen LogP contribution in [0.5, 0.6) is 0 Å². The van der Waals surface area contributed by atoms with Gasteiger partial charge in [0.25, 0.3) is 0 Å². The molecule has 6 nitrogen and oxygen atoms in total. The van der Waals surface area contributed by atoms with Crippen LogP contribution in [0.4, 0.5) is 5.13 Å². The summed E-state index contributed by atoms with van der Waals surface area (Å²) in [5.41, 5.74) is 4.32. The second-order valence-corrected chi connectivity index (χ2v) is 8.89. The first kappa shape index (κ1) is 18.9. The number of nitrogens with zero attached hydrogens (tertiary/aromatic N) is 3. The number of thiophene rings is 1. The van der Waals surface area contributed by atoms with Gasteiger partial charge in [0.05, 0.1) is 16.3 Å². The molecule has 4 aromatic rings. The Kier molecular flexibility index (Phi) is 5.56. The highest BCUT2D eigenvalue weighted by molar-refractivity contribution is 7.99. The molecule has 0 spiro atoms. The Morgan fingerprint density at radius 2 is 2.11 bits per heavy atom. The van der Waals surface area contributed by atoms with Crippen molar-refractivity contribution < 1.29 is 4.79 Å². The fourth-order valence-corrected chi connectivity index (χ4v) is 4.58. The highest BCUT2D eigenvalue weighted by Crippen LogP contribution is 2.28. The van der Waals surface area contributed by atoms with E-state index in [1.807, 2.05) is 22.9 Å². The highest BCUT2D eigenvalue weighted by Gasteiger charge is 2.12. The second kappa shape index (κ2) is 8.26. The summed E-state index contributed by atoms with van der Waals surface area (Å²) in [7, 11) is 0. The van der Waals surface area contributed by atoms with Gasteiger partial charge in [0.1, 0.15) is 0 Å². The first-order valence-corrected chi connectivity index (χ1v) is 11.2. The lowest BCUT2D eigenvalue weighted by molar-refractivity contribution is -0.113. The molecule has 9 heteroatoms. The average Bonchev–Trinajstić information content (AvgIpc) is 3.43. The van der Waals surface area contributed by atoms with E-state index >= 15 is 0 Å². The quantitative estimate of drug-likeness (QED) is 0.423. The van der Waals surface area contributed by atoms with E-state index < -0.39 is 0 Å². The number of amides is 1. The number of nitrogens with one attached hydrogen (secondary N) is 2. The van der Waals surface area contributed by atoms with Crippen molar-refractivity contribution in [2.45, 2.75) is 19.0 Å². The lowest BCUT2D eigenvalue weighted by Gasteiger charge is -2.04. The molecule has 3 aromatic heterocycles. The number of hydrogen-bond acceptors (Lipinski definition) is 7. The number of rotatable bonds is 6. The van der Waals surface area contributed by atoms with Crippen molar-refractivity contribution in [1.29, 1.82) is 0 Å². The maximum Gasteiger partial charge on any atom is 0.236 e. The molecule has 0 fully saturated rings. The Balaban J connectivity index is 1.36. The minimum Gasteiger partial charge on any atom is -0.301 e. The number of benzene rings is 1. The van der Waals surface area contributed by atoms with Crippen LogP contribution in [0.2, 0.25) is 0 Å². The van der Waals surface area contributed by atoms with Gasteiger partial charge in [-0.05, 0) is 36.9 Å². The molecule has 0 radical (unpaired) electrons. The summed E-state index contributed by atoms with van der Waals surface area (Å²) in [6.45, 7) is 4.12. The molecule has 1 aromatic carbocycles. The van der Waals surface area contributed by atoms with Crippen molar-refractivity contribution in [3.05, 3.63) is 52.2 Å². The van der Waals surface area contributed by atoms with E-state index in [9.17, 15) is 4.79 Å². The number of hydrogen-bond donors (Lipinski definition) is 2. The number of thioether (sulfide) groups is 1.